The zero-order chi connectivity index (χ0) is 22.6. The van der Waals surface area contributed by atoms with Crippen molar-refractivity contribution in [1.29, 1.82) is 0 Å². The smallest absolute Gasteiger partial charge is 0.273 e. The van der Waals surface area contributed by atoms with Crippen molar-refractivity contribution in [1.82, 2.24) is 15.2 Å². The van der Waals surface area contributed by atoms with Crippen LogP contribution in [-0.4, -0.2) is 39.7 Å². The maximum atomic E-state index is 13.0. The number of oxazole rings is 1. The van der Waals surface area contributed by atoms with Gasteiger partial charge in [-0.2, -0.15) is 0 Å². The molecule has 1 heterocycles. The van der Waals surface area contributed by atoms with Gasteiger partial charge in [0.25, 0.3) is 17.5 Å². The fraction of sp³-hybridized carbons (Fsp3) is 0.500. The molecular weight excluding hydrogens is 400 g/mol. The second-order valence-electron chi connectivity index (χ2n) is 7.33. The number of carbonyl (C=O) groups is 2. The molecule has 0 atom stereocenters. The van der Waals surface area contributed by atoms with Gasteiger partial charge in [0.15, 0.2) is 5.69 Å². The SMILES string of the molecule is CCCCCNC(=O)c1coc(CN(CCCCC)C(=O)c2cccc([N+](=O)[O-])c2)n1. The first kappa shape index (κ1) is 24.0. The van der Waals surface area contributed by atoms with Crippen LogP contribution in [0.4, 0.5) is 5.69 Å². The van der Waals surface area contributed by atoms with Crippen LogP contribution in [0.3, 0.4) is 0 Å². The Kier molecular flexibility index (Phi) is 9.67. The highest BCUT2D eigenvalue weighted by atomic mass is 16.6. The van der Waals surface area contributed by atoms with Crippen LogP contribution in [0.5, 0.6) is 0 Å². The summed E-state index contributed by atoms with van der Waals surface area (Å²) in [5.74, 6) is -0.411. The minimum Gasteiger partial charge on any atom is -0.446 e. The van der Waals surface area contributed by atoms with E-state index in [0.717, 1.165) is 38.5 Å². The summed E-state index contributed by atoms with van der Waals surface area (Å²) in [5, 5.41) is 13.8. The summed E-state index contributed by atoms with van der Waals surface area (Å²) in [4.78, 5) is 41.5. The number of nitro groups is 1. The van der Waals surface area contributed by atoms with Crippen LogP contribution in [-0.2, 0) is 6.54 Å². The highest BCUT2D eigenvalue weighted by Crippen LogP contribution is 2.17. The number of nitrogens with zero attached hydrogens (tertiary/aromatic N) is 3. The normalized spacial score (nSPS) is 10.6. The Morgan fingerprint density at radius 2 is 1.90 bits per heavy atom. The molecule has 1 aromatic heterocycles. The van der Waals surface area contributed by atoms with E-state index >= 15 is 0 Å². The number of non-ortho nitro benzene ring substituents is 1. The molecule has 0 radical (unpaired) electrons. The van der Waals surface area contributed by atoms with Crippen molar-refractivity contribution in [3.8, 4) is 0 Å². The first-order chi connectivity index (χ1) is 15.0. The van der Waals surface area contributed by atoms with Crippen LogP contribution in [0.15, 0.2) is 34.9 Å². The molecule has 9 nitrogen and oxygen atoms in total. The predicted molar refractivity (Wildman–Crippen MR) is 116 cm³/mol. The maximum absolute atomic E-state index is 13.0. The number of rotatable bonds is 13. The molecule has 0 aliphatic rings. The Bertz CT molecular complexity index is 880. The minimum absolute atomic E-state index is 0.0777. The molecular formula is C22H30N4O5. The minimum atomic E-state index is -0.530. The van der Waals surface area contributed by atoms with Gasteiger partial charge in [-0.05, 0) is 18.9 Å². The summed E-state index contributed by atoms with van der Waals surface area (Å²) in [6.07, 6.45) is 6.99. The van der Waals surface area contributed by atoms with E-state index in [-0.39, 0.29) is 41.2 Å². The van der Waals surface area contributed by atoms with Crippen molar-refractivity contribution in [2.24, 2.45) is 0 Å². The van der Waals surface area contributed by atoms with Gasteiger partial charge < -0.3 is 14.6 Å². The predicted octanol–water partition coefficient (Wildman–Crippen LogP) is 4.34. The van der Waals surface area contributed by atoms with Crippen molar-refractivity contribution in [2.75, 3.05) is 13.1 Å². The van der Waals surface area contributed by atoms with Crippen LogP contribution in [0.1, 0.15) is 79.1 Å². The second-order valence-corrected chi connectivity index (χ2v) is 7.33. The summed E-state index contributed by atoms with van der Waals surface area (Å²) >= 11 is 0. The zero-order valence-electron chi connectivity index (χ0n) is 18.1. The molecule has 2 aromatic rings. The van der Waals surface area contributed by atoms with Crippen molar-refractivity contribution in [3.05, 3.63) is 57.8 Å². The first-order valence-corrected chi connectivity index (χ1v) is 10.7. The number of nitrogens with one attached hydrogen (secondary N) is 1. The van der Waals surface area contributed by atoms with E-state index in [1.54, 1.807) is 11.0 Å². The van der Waals surface area contributed by atoms with Gasteiger partial charge in [0.1, 0.15) is 6.26 Å². The third-order valence-electron chi connectivity index (χ3n) is 4.80. The molecule has 2 amide bonds. The highest BCUT2D eigenvalue weighted by Gasteiger charge is 2.21. The maximum Gasteiger partial charge on any atom is 0.273 e. The van der Waals surface area contributed by atoms with Gasteiger partial charge in [-0.1, -0.05) is 45.6 Å². The molecule has 0 spiro atoms. The lowest BCUT2D eigenvalue weighted by molar-refractivity contribution is -0.384. The molecule has 0 aliphatic carbocycles. The van der Waals surface area contributed by atoms with Crippen LogP contribution in [0.25, 0.3) is 0 Å². The fourth-order valence-corrected chi connectivity index (χ4v) is 3.06. The highest BCUT2D eigenvalue weighted by molar-refractivity contribution is 5.95. The molecule has 0 fully saturated rings. The molecule has 0 bridgehead atoms. The van der Waals surface area contributed by atoms with E-state index in [1.807, 2.05) is 0 Å². The van der Waals surface area contributed by atoms with E-state index in [1.165, 1.54) is 24.5 Å². The lowest BCUT2D eigenvalue weighted by Gasteiger charge is -2.21. The number of aromatic nitrogens is 1. The molecule has 168 valence electrons. The quantitative estimate of drug-likeness (QED) is 0.287. The Labute approximate surface area is 182 Å². The molecule has 31 heavy (non-hydrogen) atoms. The van der Waals surface area contributed by atoms with Crippen LogP contribution in [0, 0.1) is 10.1 Å². The van der Waals surface area contributed by atoms with E-state index in [2.05, 4.69) is 24.1 Å². The van der Waals surface area contributed by atoms with E-state index in [4.69, 9.17) is 4.42 Å². The molecule has 1 aromatic carbocycles. The zero-order valence-corrected chi connectivity index (χ0v) is 18.1. The average Bonchev–Trinajstić information content (AvgIpc) is 3.24. The molecule has 9 heteroatoms. The van der Waals surface area contributed by atoms with Gasteiger partial charge in [-0.15, -0.1) is 0 Å². The third kappa shape index (κ3) is 7.51. The average molecular weight is 431 g/mol. The van der Waals surface area contributed by atoms with E-state index in [9.17, 15) is 19.7 Å². The topological polar surface area (TPSA) is 119 Å². The summed E-state index contributed by atoms with van der Waals surface area (Å²) in [6.45, 7) is 5.26. The fourth-order valence-electron chi connectivity index (χ4n) is 3.06. The number of hydrogen-bond acceptors (Lipinski definition) is 6. The van der Waals surface area contributed by atoms with Crippen molar-refractivity contribution >= 4 is 17.5 Å². The summed E-state index contributed by atoms with van der Waals surface area (Å²) < 4.78 is 5.42. The lowest BCUT2D eigenvalue weighted by atomic mass is 10.1. The summed E-state index contributed by atoms with van der Waals surface area (Å²) in [5.41, 5.74) is 0.256. The lowest BCUT2D eigenvalue weighted by Crippen LogP contribution is -2.32. The van der Waals surface area contributed by atoms with Crippen LogP contribution < -0.4 is 5.32 Å². The Balaban J connectivity index is 2.09. The first-order valence-electron chi connectivity index (χ1n) is 10.7. The monoisotopic (exact) mass is 430 g/mol. The van der Waals surface area contributed by atoms with Crippen molar-refractivity contribution in [2.45, 2.75) is 58.9 Å². The standard InChI is InChI=1S/C22H30N4O5/c1-3-5-7-12-23-21(27)19-16-31-20(24-19)15-25(13-8-6-4-2)22(28)17-10-9-11-18(14-17)26(29)30/h9-11,14,16H,3-8,12-13,15H2,1-2H3,(H,23,27). The van der Waals surface area contributed by atoms with Crippen molar-refractivity contribution < 1.29 is 18.9 Å². The molecule has 0 aliphatic heterocycles. The van der Waals surface area contributed by atoms with E-state index < -0.39 is 4.92 Å². The van der Waals surface area contributed by atoms with Gasteiger partial charge in [0.05, 0.1) is 11.5 Å². The summed E-state index contributed by atoms with van der Waals surface area (Å²) in [7, 11) is 0. The van der Waals surface area contributed by atoms with Crippen LogP contribution in [0.2, 0.25) is 0 Å². The number of nitro benzene ring substituents is 1. The van der Waals surface area contributed by atoms with Gasteiger partial charge >= 0.3 is 0 Å². The molecule has 0 saturated carbocycles. The number of hydrogen-bond donors (Lipinski definition) is 1. The Morgan fingerprint density at radius 1 is 1.16 bits per heavy atom. The number of benzene rings is 1. The van der Waals surface area contributed by atoms with Gasteiger partial charge in [-0.25, -0.2) is 4.98 Å². The molecule has 2 rings (SSSR count). The third-order valence-corrected chi connectivity index (χ3v) is 4.80. The second kappa shape index (κ2) is 12.5. The van der Waals surface area contributed by atoms with Gasteiger partial charge in [-0.3, -0.25) is 19.7 Å². The number of unbranched alkanes of at least 4 members (excludes halogenated alkanes) is 4. The molecule has 1 N–H and O–H groups in total. The number of amides is 2. The molecule has 0 saturated heterocycles. The summed E-state index contributed by atoms with van der Waals surface area (Å²) in [6, 6.07) is 5.65. The van der Waals surface area contributed by atoms with E-state index in [0.29, 0.717) is 13.1 Å². The molecule has 0 unspecified atom stereocenters. The van der Waals surface area contributed by atoms with Crippen LogP contribution >= 0.6 is 0 Å². The van der Waals surface area contributed by atoms with Crippen molar-refractivity contribution in [3.63, 3.8) is 0 Å². The Morgan fingerprint density at radius 3 is 2.61 bits per heavy atom. The largest absolute Gasteiger partial charge is 0.446 e. The van der Waals surface area contributed by atoms with Gasteiger partial charge in [0, 0.05) is 30.8 Å². The van der Waals surface area contributed by atoms with Gasteiger partial charge in [0.2, 0.25) is 5.89 Å². The number of carbonyl (C=O) groups excluding carboxylic acids is 2. The Hall–Kier alpha value is -3.23.